The smallest absolute Gasteiger partial charge is 0.251 e. The van der Waals surface area contributed by atoms with Crippen LogP contribution in [0.3, 0.4) is 0 Å². The second-order valence-electron chi connectivity index (χ2n) is 6.97. The van der Waals surface area contributed by atoms with E-state index < -0.39 is 6.04 Å². The minimum Gasteiger partial charge on any atom is -0.354 e. The van der Waals surface area contributed by atoms with Crippen LogP contribution in [0.4, 0.5) is 0 Å². The molecule has 0 bridgehead atoms. The van der Waals surface area contributed by atoms with Gasteiger partial charge in [-0.1, -0.05) is 17.7 Å². The normalized spacial score (nSPS) is 17.5. The van der Waals surface area contributed by atoms with Crippen LogP contribution in [0.2, 0.25) is 0 Å². The number of carbonyl (C=O) groups is 2. The molecule has 2 rings (SSSR count). The Bertz CT molecular complexity index is 594. The summed E-state index contributed by atoms with van der Waals surface area (Å²) >= 11 is 1.68. The number of nitrogens with one attached hydrogen (secondary N) is 3. The van der Waals surface area contributed by atoms with Gasteiger partial charge in [0.2, 0.25) is 5.91 Å². The summed E-state index contributed by atoms with van der Waals surface area (Å²) in [6.45, 7) is 4.76. The quantitative estimate of drug-likeness (QED) is 0.582. The zero-order valence-electron chi connectivity index (χ0n) is 16.3. The summed E-state index contributed by atoms with van der Waals surface area (Å²) in [7, 11) is 0. The first kappa shape index (κ1) is 23.8. The van der Waals surface area contributed by atoms with Crippen LogP contribution in [0, 0.1) is 12.8 Å². The maximum Gasteiger partial charge on any atom is 0.251 e. The summed E-state index contributed by atoms with van der Waals surface area (Å²) in [5.74, 6) is 1.20. The Balaban J connectivity index is 0.00000364. The first-order chi connectivity index (χ1) is 12.6. The molecule has 1 aliphatic rings. The number of rotatable bonds is 9. The van der Waals surface area contributed by atoms with E-state index >= 15 is 0 Å². The van der Waals surface area contributed by atoms with Crippen molar-refractivity contribution in [3.63, 3.8) is 0 Å². The molecule has 0 saturated carbocycles. The Morgan fingerprint density at radius 3 is 2.85 bits per heavy atom. The third-order valence-corrected chi connectivity index (χ3v) is 5.41. The summed E-state index contributed by atoms with van der Waals surface area (Å²) in [6.07, 6.45) is 6.06. The molecule has 2 amide bonds. The predicted molar refractivity (Wildman–Crippen MR) is 116 cm³/mol. The van der Waals surface area contributed by atoms with Crippen LogP contribution in [-0.4, -0.2) is 49.5 Å². The first-order valence-corrected chi connectivity index (χ1v) is 10.8. The van der Waals surface area contributed by atoms with E-state index in [1.807, 2.05) is 31.4 Å². The van der Waals surface area contributed by atoms with E-state index in [1.165, 1.54) is 12.8 Å². The van der Waals surface area contributed by atoms with E-state index in [4.69, 9.17) is 0 Å². The highest BCUT2D eigenvalue weighted by atomic mass is 35.5. The number of benzene rings is 1. The second-order valence-corrected chi connectivity index (χ2v) is 7.95. The third-order valence-electron chi connectivity index (χ3n) is 4.76. The lowest BCUT2D eigenvalue weighted by molar-refractivity contribution is -0.123. The van der Waals surface area contributed by atoms with Crippen molar-refractivity contribution in [1.82, 2.24) is 16.0 Å². The summed E-state index contributed by atoms with van der Waals surface area (Å²) in [4.78, 5) is 25.1. The largest absolute Gasteiger partial charge is 0.354 e. The summed E-state index contributed by atoms with van der Waals surface area (Å²) in [5, 5.41) is 9.32. The van der Waals surface area contributed by atoms with Gasteiger partial charge in [0.25, 0.3) is 5.91 Å². The fraction of sp³-hybridized carbons (Fsp3) is 0.600. The van der Waals surface area contributed by atoms with Crippen LogP contribution in [0.15, 0.2) is 24.3 Å². The van der Waals surface area contributed by atoms with Crippen LogP contribution >= 0.6 is 24.2 Å². The maximum atomic E-state index is 12.6. The minimum absolute atomic E-state index is 0. The highest BCUT2D eigenvalue weighted by molar-refractivity contribution is 7.98. The number of hydrogen-bond acceptors (Lipinski definition) is 4. The lowest BCUT2D eigenvalue weighted by atomic mass is 9.96. The topological polar surface area (TPSA) is 70.2 Å². The Morgan fingerprint density at radius 1 is 1.37 bits per heavy atom. The SMILES string of the molecule is CSCCC(NC(=O)c1cccc(C)c1)C(=O)NCCC1CCCNC1.Cl. The molecule has 27 heavy (non-hydrogen) atoms. The lowest BCUT2D eigenvalue weighted by Gasteiger charge is -2.23. The van der Waals surface area contributed by atoms with Gasteiger partial charge in [0.15, 0.2) is 0 Å². The van der Waals surface area contributed by atoms with Crippen LogP contribution in [-0.2, 0) is 4.79 Å². The van der Waals surface area contributed by atoms with E-state index in [2.05, 4.69) is 16.0 Å². The van der Waals surface area contributed by atoms with E-state index in [0.717, 1.165) is 30.8 Å². The third kappa shape index (κ3) is 8.54. The summed E-state index contributed by atoms with van der Waals surface area (Å²) < 4.78 is 0. The average Bonchev–Trinajstić information content (AvgIpc) is 2.65. The molecule has 2 unspecified atom stereocenters. The van der Waals surface area contributed by atoms with Crippen molar-refractivity contribution in [3.8, 4) is 0 Å². The van der Waals surface area contributed by atoms with Crippen LogP contribution in [0.25, 0.3) is 0 Å². The van der Waals surface area contributed by atoms with Gasteiger partial charge in [-0.2, -0.15) is 11.8 Å². The molecule has 5 nitrogen and oxygen atoms in total. The highest BCUT2D eigenvalue weighted by Gasteiger charge is 2.21. The lowest BCUT2D eigenvalue weighted by Crippen LogP contribution is -2.47. The van der Waals surface area contributed by atoms with E-state index in [1.54, 1.807) is 17.8 Å². The van der Waals surface area contributed by atoms with Crippen molar-refractivity contribution in [2.24, 2.45) is 5.92 Å². The van der Waals surface area contributed by atoms with Gasteiger partial charge < -0.3 is 16.0 Å². The molecule has 0 aliphatic carbocycles. The zero-order chi connectivity index (χ0) is 18.8. The molecular weight excluding hydrogens is 382 g/mol. The Hall–Kier alpha value is -1.24. The number of piperidine rings is 1. The number of amides is 2. The monoisotopic (exact) mass is 413 g/mol. The minimum atomic E-state index is -0.486. The molecule has 0 spiro atoms. The number of aryl methyl sites for hydroxylation is 1. The fourth-order valence-corrected chi connectivity index (χ4v) is 3.70. The molecule has 1 heterocycles. The number of carbonyl (C=O) groups excluding carboxylic acids is 2. The summed E-state index contributed by atoms with van der Waals surface area (Å²) in [6, 6.07) is 6.95. The second kappa shape index (κ2) is 13.0. The fourth-order valence-electron chi connectivity index (χ4n) is 3.23. The van der Waals surface area contributed by atoms with Crippen molar-refractivity contribution in [3.05, 3.63) is 35.4 Å². The van der Waals surface area contributed by atoms with Gasteiger partial charge in [-0.15, -0.1) is 12.4 Å². The van der Waals surface area contributed by atoms with E-state index in [0.29, 0.717) is 24.4 Å². The zero-order valence-corrected chi connectivity index (χ0v) is 17.9. The van der Waals surface area contributed by atoms with Crippen LogP contribution in [0.1, 0.15) is 41.6 Å². The predicted octanol–water partition coefficient (Wildman–Crippen LogP) is 2.77. The number of thioether (sulfide) groups is 1. The van der Waals surface area contributed by atoms with E-state index in [9.17, 15) is 9.59 Å². The number of hydrogen-bond donors (Lipinski definition) is 3. The molecule has 1 aromatic rings. The Labute approximate surface area is 173 Å². The maximum absolute atomic E-state index is 12.6. The molecule has 0 aromatic heterocycles. The van der Waals surface area contributed by atoms with Crippen molar-refractivity contribution in [1.29, 1.82) is 0 Å². The molecule has 1 saturated heterocycles. The van der Waals surface area contributed by atoms with E-state index in [-0.39, 0.29) is 24.2 Å². The molecule has 152 valence electrons. The first-order valence-electron chi connectivity index (χ1n) is 9.45. The van der Waals surface area contributed by atoms with Gasteiger partial charge in [0, 0.05) is 12.1 Å². The van der Waals surface area contributed by atoms with Crippen molar-refractivity contribution >= 4 is 36.0 Å². The molecule has 7 heteroatoms. The average molecular weight is 414 g/mol. The molecule has 2 atom stereocenters. The Morgan fingerprint density at radius 2 is 2.19 bits per heavy atom. The molecule has 1 aliphatic heterocycles. The summed E-state index contributed by atoms with van der Waals surface area (Å²) in [5.41, 5.74) is 1.63. The van der Waals surface area contributed by atoms with Crippen molar-refractivity contribution in [2.45, 2.75) is 38.6 Å². The molecule has 1 fully saturated rings. The van der Waals surface area contributed by atoms with Gasteiger partial charge >= 0.3 is 0 Å². The van der Waals surface area contributed by atoms with Gasteiger partial charge in [0.05, 0.1) is 0 Å². The molecule has 0 radical (unpaired) electrons. The molecule has 1 aromatic carbocycles. The highest BCUT2D eigenvalue weighted by Crippen LogP contribution is 2.13. The van der Waals surface area contributed by atoms with Crippen LogP contribution in [0.5, 0.6) is 0 Å². The molecule has 3 N–H and O–H groups in total. The number of halogens is 1. The standard InChI is InChI=1S/C20H31N3O2S.ClH/c1-15-5-3-7-17(13-15)19(24)23-18(9-12-26-2)20(25)22-11-8-16-6-4-10-21-14-16;/h3,5,7,13,16,18,21H,4,6,8-12,14H2,1-2H3,(H,22,25)(H,23,24);1H. The molecular formula is C20H32ClN3O2S. The van der Waals surface area contributed by atoms with Gasteiger partial charge in [-0.3, -0.25) is 9.59 Å². The Kier molecular flexibility index (Phi) is 11.5. The van der Waals surface area contributed by atoms with Gasteiger partial charge in [0.1, 0.15) is 6.04 Å². The van der Waals surface area contributed by atoms with Gasteiger partial charge in [-0.25, -0.2) is 0 Å². The van der Waals surface area contributed by atoms with Crippen LogP contribution < -0.4 is 16.0 Å². The van der Waals surface area contributed by atoms with Gasteiger partial charge in [-0.05, 0) is 75.8 Å². The van der Waals surface area contributed by atoms with Crippen molar-refractivity contribution in [2.75, 3.05) is 31.6 Å². The van der Waals surface area contributed by atoms with Crippen molar-refractivity contribution < 1.29 is 9.59 Å².